The minimum absolute atomic E-state index is 0.127. The number of amides is 4. The van der Waals surface area contributed by atoms with E-state index in [-0.39, 0.29) is 48.3 Å². The summed E-state index contributed by atoms with van der Waals surface area (Å²) in [6.07, 6.45) is 2.43. The molecule has 2 aliphatic rings. The van der Waals surface area contributed by atoms with Crippen LogP contribution in [0.5, 0.6) is 0 Å². The van der Waals surface area contributed by atoms with Crippen LogP contribution >= 0.6 is 0 Å². The van der Waals surface area contributed by atoms with Crippen molar-refractivity contribution in [1.29, 1.82) is 0 Å². The fourth-order valence-electron chi connectivity index (χ4n) is 6.15. The Morgan fingerprint density at radius 1 is 0.909 bits per heavy atom. The number of benzene rings is 2. The van der Waals surface area contributed by atoms with E-state index >= 15 is 0 Å². The molecule has 2 bridgehead atoms. The van der Waals surface area contributed by atoms with Crippen molar-refractivity contribution in [1.82, 2.24) is 25.2 Å². The fraction of sp³-hybridized carbons (Fsp3) is 0.441. The van der Waals surface area contributed by atoms with E-state index in [0.717, 1.165) is 16.7 Å². The van der Waals surface area contributed by atoms with E-state index in [4.69, 9.17) is 4.52 Å². The van der Waals surface area contributed by atoms with Crippen molar-refractivity contribution < 1.29 is 23.7 Å². The summed E-state index contributed by atoms with van der Waals surface area (Å²) in [7, 11) is 0. The number of nitrogens with one attached hydrogen (secondary N) is 1. The highest BCUT2D eigenvalue weighted by Gasteiger charge is 2.43. The van der Waals surface area contributed by atoms with Crippen LogP contribution in [0.1, 0.15) is 69.0 Å². The van der Waals surface area contributed by atoms with Crippen molar-refractivity contribution >= 4 is 23.6 Å². The lowest BCUT2D eigenvalue weighted by atomic mass is 10.0. The highest BCUT2D eigenvalue weighted by atomic mass is 16.5. The van der Waals surface area contributed by atoms with Crippen LogP contribution in [0.2, 0.25) is 0 Å². The van der Waals surface area contributed by atoms with E-state index in [1.165, 1.54) is 0 Å². The van der Waals surface area contributed by atoms with Gasteiger partial charge in [-0.15, -0.1) is 0 Å². The first-order valence-corrected chi connectivity index (χ1v) is 15.4. The molecule has 0 saturated carbocycles. The van der Waals surface area contributed by atoms with Crippen molar-refractivity contribution in [3.8, 4) is 0 Å². The van der Waals surface area contributed by atoms with Gasteiger partial charge < -0.3 is 24.5 Å². The number of carbonyl (C=O) groups is 4. The summed E-state index contributed by atoms with van der Waals surface area (Å²) in [5.74, 6) is -0.154. The van der Waals surface area contributed by atoms with E-state index in [1.807, 2.05) is 50.2 Å². The molecule has 232 valence electrons. The molecule has 1 N–H and O–H groups in total. The first-order valence-electron chi connectivity index (χ1n) is 15.4. The van der Waals surface area contributed by atoms with Crippen LogP contribution in [-0.4, -0.2) is 88.3 Å². The van der Waals surface area contributed by atoms with Crippen LogP contribution < -0.4 is 5.32 Å². The van der Waals surface area contributed by atoms with Gasteiger partial charge in [0.05, 0.1) is 12.5 Å². The Labute approximate surface area is 258 Å². The highest BCUT2D eigenvalue weighted by Crippen LogP contribution is 2.26. The topological polar surface area (TPSA) is 116 Å². The SMILES string of the molecule is Cc1ccc(C)c(CC(=O)N2C[C@@H]3C[C@H]2C(=O)NCCCCN(C(=O)c2cc(C)on2)CCCN3C(=O)c2ccccc2)c1. The maximum absolute atomic E-state index is 13.9. The molecule has 5 rings (SSSR count). The molecule has 1 aromatic heterocycles. The minimum atomic E-state index is -0.667. The Kier molecular flexibility index (Phi) is 9.77. The number of aromatic nitrogens is 1. The van der Waals surface area contributed by atoms with Crippen molar-refractivity contribution in [3.63, 3.8) is 0 Å². The number of rotatable bonds is 4. The number of nitrogens with zero attached hydrogens (tertiary/aromatic N) is 4. The van der Waals surface area contributed by atoms with Gasteiger partial charge in [0.1, 0.15) is 11.8 Å². The molecular weight excluding hydrogens is 558 g/mol. The van der Waals surface area contributed by atoms with Gasteiger partial charge in [0.2, 0.25) is 11.8 Å². The molecule has 4 amide bonds. The highest BCUT2D eigenvalue weighted by molar-refractivity contribution is 5.95. The van der Waals surface area contributed by atoms with E-state index in [2.05, 4.69) is 10.5 Å². The van der Waals surface area contributed by atoms with Gasteiger partial charge in [0.15, 0.2) is 5.69 Å². The molecule has 44 heavy (non-hydrogen) atoms. The Hall–Kier alpha value is -4.47. The van der Waals surface area contributed by atoms with Crippen LogP contribution in [-0.2, 0) is 16.0 Å². The molecule has 3 heterocycles. The van der Waals surface area contributed by atoms with Crippen LogP contribution in [0.3, 0.4) is 0 Å². The second-order valence-corrected chi connectivity index (χ2v) is 11.9. The average Bonchev–Trinajstić information content (AvgIpc) is 3.66. The number of aryl methyl sites for hydroxylation is 3. The van der Waals surface area contributed by atoms with Crippen molar-refractivity contribution in [2.75, 3.05) is 32.7 Å². The first-order chi connectivity index (χ1) is 21.2. The molecule has 10 nitrogen and oxygen atoms in total. The summed E-state index contributed by atoms with van der Waals surface area (Å²) in [4.78, 5) is 59.7. The maximum atomic E-state index is 13.9. The zero-order valence-electron chi connectivity index (χ0n) is 25.8. The molecule has 2 fully saturated rings. The van der Waals surface area contributed by atoms with Gasteiger partial charge in [-0.2, -0.15) is 0 Å². The second-order valence-electron chi connectivity index (χ2n) is 11.9. The lowest BCUT2D eigenvalue weighted by Crippen LogP contribution is -2.47. The summed E-state index contributed by atoms with van der Waals surface area (Å²) in [5, 5.41) is 6.93. The van der Waals surface area contributed by atoms with Gasteiger partial charge in [0.25, 0.3) is 11.8 Å². The number of fused-ring (bicyclic) bond motifs is 2. The monoisotopic (exact) mass is 599 g/mol. The minimum Gasteiger partial charge on any atom is -0.361 e. The Morgan fingerprint density at radius 2 is 1.68 bits per heavy atom. The quantitative estimate of drug-likeness (QED) is 0.489. The average molecular weight is 600 g/mol. The third-order valence-corrected chi connectivity index (χ3v) is 8.59. The van der Waals surface area contributed by atoms with Crippen LogP contribution in [0.15, 0.2) is 59.1 Å². The molecular formula is C34H41N5O5. The Balaban J connectivity index is 1.41. The number of carbonyl (C=O) groups excluding carboxylic acids is 4. The van der Waals surface area contributed by atoms with Crippen molar-refractivity contribution in [2.45, 2.75) is 65.0 Å². The third-order valence-electron chi connectivity index (χ3n) is 8.59. The van der Waals surface area contributed by atoms with Gasteiger partial charge in [0, 0.05) is 44.4 Å². The van der Waals surface area contributed by atoms with Crippen LogP contribution in [0, 0.1) is 20.8 Å². The van der Waals surface area contributed by atoms with Gasteiger partial charge in [-0.05, 0) is 69.7 Å². The van der Waals surface area contributed by atoms with Crippen molar-refractivity contribution in [3.05, 3.63) is 88.3 Å². The normalized spacial score (nSPS) is 19.8. The molecule has 2 saturated heterocycles. The molecule has 3 aromatic rings. The summed E-state index contributed by atoms with van der Waals surface area (Å²) in [5.41, 5.74) is 3.84. The van der Waals surface area contributed by atoms with Gasteiger partial charge in [-0.25, -0.2) is 0 Å². The van der Waals surface area contributed by atoms with Crippen LogP contribution in [0.25, 0.3) is 0 Å². The zero-order valence-corrected chi connectivity index (χ0v) is 25.8. The smallest absolute Gasteiger partial charge is 0.276 e. The van der Waals surface area contributed by atoms with E-state index in [0.29, 0.717) is 63.2 Å². The fourth-order valence-corrected chi connectivity index (χ4v) is 6.15. The Morgan fingerprint density at radius 3 is 2.43 bits per heavy atom. The zero-order chi connectivity index (χ0) is 31.2. The molecule has 2 aromatic carbocycles. The van der Waals surface area contributed by atoms with E-state index in [1.54, 1.807) is 39.8 Å². The molecule has 0 unspecified atom stereocenters. The lowest BCUT2D eigenvalue weighted by molar-refractivity contribution is -0.138. The molecule has 0 aliphatic carbocycles. The number of likely N-dealkylation sites (tertiary alicyclic amines) is 1. The first kappa shape index (κ1) is 31.0. The van der Waals surface area contributed by atoms with E-state index in [9.17, 15) is 19.2 Å². The summed E-state index contributed by atoms with van der Waals surface area (Å²) < 4.78 is 5.14. The largest absolute Gasteiger partial charge is 0.361 e. The summed E-state index contributed by atoms with van der Waals surface area (Å²) in [6.45, 7) is 7.70. The molecule has 0 radical (unpaired) electrons. The van der Waals surface area contributed by atoms with Gasteiger partial charge in [-0.3, -0.25) is 19.2 Å². The predicted octanol–water partition coefficient (Wildman–Crippen LogP) is 3.70. The maximum Gasteiger partial charge on any atom is 0.276 e. The predicted molar refractivity (Wildman–Crippen MR) is 165 cm³/mol. The summed E-state index contributed by atoms with van der Waals surface area (Å²) in [6, 6.07) is 15.7. The second kappa shape index (κ2) is 13.9. The molecule has 0 spiro atoms. The van der Waals surface area contributed by atoms with Gasteiger partial charge >= 0.3 is 0 Å². The summed E-state index contributed by atoms with van der Waals surface area (Å²) >= 11 is 0. The lowest BCUT2D eigenvalue weighted by Gasteiger charge is -2.30. The van der Waals surface area contributed by atoms with E-state index < -0.39 is 6.04 Å². The standard InChI is InChI=1S/C34H41N5O5/c1-23-12-13-24(2)27(18-23)20-31(40)39-22-28-21-30(39)32(41)35-14-7-8-15-37(34(43)29-19-25(3)44-36-29)16-9-17-38(28)33(42)26-10-5-4-6-11-26/h4-6,10-13,18-19,28,30H,7-9,14-17,20-22H2,1-3H3,(H,35,41)/t28-,30-/m0/s1. The van der Waals surface area contributed by atoms with Crippen LogP contribution in [0.4, 0.5) is 0 Å². The molecule has 2 atom stereocenters. The Bertz CT molecular complexity index is 1500. The third kappa shape index (κ3) is 7.18. The van der Waals surface area contributed by atoms with Crippen molar-refractivity contribution in [2.24, 2.45) is 0 Å². The molecule has 2 aliphatic heterocycles. The number of hydrogen-bond donors (Lipinski definition) is 1. The molecule has 10 heteroatoms. The van der Waals surface area contributed by atoms with Gasteiger partial charge in [-0.1, -0.05) is 47.1 Å². The number of hydrogen-bond acceptors (Lipinski definition) is 6.